The Morgan fingerprint density at radius 3 is 2.95 bits per heavy atom. The number of carboxylic acids is 1. The van der Waals surface area contributed by atoms with Crippen LogP contribution in [0.2, 0.25) is 0 Å². The van der Waals surface area contributed by atoms with Crippen LogP contribution >= 0.6 is 0 Å². The minimum Gasteiger partial charge on any atom is -0.478 e. The average Bonchev–Trinajstić information content (AvgIpc) is 2.64. The summed E-state index contributed by atoms with van der Waals surface area (Å²) in [5.41, 5.74) is 1.15. The molecule has 0 bridgehead atoms. The molecule has 1 fully saturated rings. The number of aromatic nitrogens is 1. The van der Waals surface area contributed by atoms with Gasteiger partial charge in [0.25, 0.3) is 0 Å². The summed E-state index contributed by atoms with van der Waals surface area (Å²) in [5.74, 6) is 0.553. The molecule has 110 valence electrons. The monoisotopic (exact) mass is 276 g/mol. The number of aryl methyl sites for hydroxylation is 1. The Hall–Kier alpha value is -1.58. The molecule has 0 amide bonds. The number of carbonyl (C=O) groups is 1. The lowest BCUT2D eigenvalue weighted by Crippen LogP contribution is -2.27. The first kappa shape index (κ1) is 14.8. The third kappa shape index (κ3) is 3.30. The topological polar surface area (TPSA) is 53.4 Å². The fourth-order valence-corrected chi connectivity index (χ4v) is 3.12. The number of aromatic carboxylic acids is 1. The van der Waals surface area contributed by atoms with Crippen LogP contribution in [-0.2, 0) is 0 Å². The van der Waals surface area contributed by atoms with Crippen LogP contribution in [0.1, 0.15) is 54.9 Å². The third-order valence-corrected chi connectivity index (χ3v) is 4.20. The number of hydrogen-bond donors (Lipinski definition) is 1. The molecule has 4 heteroatoms. The van der Waals surface area contributed by atoms with Crippen molar-refractivity contribution in [1.29, 1.82) is 0 Å². The van der Waals surface area contributed by atoms with Crippen LogP contribution < -0.4 is 4.90 Å². The van der Waals surface area contributed by atoms with Crippen LogP contribution in [0.4, 0.5) is 5.82 Å². The van der Waals surface area contributed by atoms with Crippen LogP contribution in [0, 0.1) is 12.8 Å². The number of nitrogens with zero attached hydrogens (tertiary/aromatic N) is 2. The zero-order valence-electron chi connectivity index (χ0n) is 12.4. The van der Waals surface area contributed by atoms with Gasteiger partial charge in [0.2, 0.25) is 0 Å². The summed E-state index contributed by atoms with van der Waals surface area (Å²) in [6.07, 6.45) is 7.74. The molecule has 1 N–H and O–H groups in total. The highest BCUT2D eigenvalue weighted by Gasteiger charge is 2.22. The molecule has 1 aliphatic heterocycles. The Kier molecular flexibility index (Phi) is 4.99. The van der Waals surface area contributed by atoms with Gasteiger partial charge in [-0.05, 0) is 43.7 Å². The van der Waals surface area contributed by atoms with Gasteiger partial charge in [0.05, 0.1) is 0 Å². The fourth-order valence-electron chi connectivity index (χ4n) is 3.12. The predicted octanol–water partition coefficient (Wildman–Crippen LogP) is 3.49. The quantitative estimate of drug-likeness (QED) is 0.914. The molecule has 1 unspecified atom stereocenters. The second-order valence-electron chi connectivity index (χ2n) is 5.70. The van der Waals surface area contributed by atoms with Gasteiger partial charge in [-0.15, -0.1) is 0 Å². The van der Waals surface area contributed by atoms with Gasteiger partial charge in [-0.1, -0.05) is 19.8 Å². The SMILES string of the molecule is CCCC1CCCN(c2nccc(C)c2C(=O)O)CC1. The zero-order valence-corrected chi connectivity index (χ0v) is 12.4. The maximum absolute atomic E-state index is 11.5. The molecule has 0 spiro atoms. The van der Waals surface area contributed by atoms with E-state index in [0.717, 1.165) is 37.4 Å². The molecule has 2 heterocycles. The maximum atomic E-state index is 11.5. The molecule has 20 heavy (non-hydrogen) atoms. The van der Waals surface area contributed by atoms with Crippen LogP contribution in [0.3, 0.4) is 0 Å². The zero-order chi connectivity index (χ0) is 14.5. The molecule has 0 radical (unpaired) electrons. The van der Waals surface area contributed by atoms with Crippen molar-refractivity contribution in [3.8, 4) is 0 Å². The second kappa shape index (κ2) is 6.73. The van der Waals surface area contributed by atoms with Crippen LogP contribution in [0.25, 0.3) is 0 Å². The van der Waals surface area contributed by atoms with Crippen LogP contribution in [-0.4, -0.2) is 29.1 Å². The van der Waals surface area contributed by atoms with Crippen molar-refractivity contribution in [3.63, 3.8) is 0 Å². The van der Waals surface area contributed by atoms with Crippen molar-refractivity contribution in [2.24, 2.45) is 5.92 Å². The summed E-state index contributed by atoms with van der Waals surface area (Å²) in [6, 6.07) is 1.77. The average molecular weight is 276 g/mol. The summed E-state index contributed by atoms with van der Waals surface area (Å²) < 4.78 is 0. The van der Waals surface area contributed by atoms with Gasteiger partial charge in [-0.25, -0.2) is 9.78 Å². The van der Waals surface area contributed by atoms with Gasteiger partial charge in [0, 0.05) is 19.3 Å². The molecule has 4 nitrogen and oxygen atoms in total. The summed E-state index contributed by atoms with van der Waals surface area (Å²) in [7, 11) is 0. The van der Waals surface area contributed by atoms with E-state index in [0.29, 0.717) is 11.4 Å². The molecule has 1 saturated heterocycles. The van der Waals surface area contributed by atoms with E-state index < -0.39 is 5.97 Å². The normalized spacial score (nSPS) is 19.7. The number of carboxylic acid groups (broad SMARTS) is 1. The van der Waals surface area contributed by atoms with E-state index in [9.17, 15) is 9.90 Å². The smallest absolute Gasteiger partial charge is 0.339 e. The second-order valence-corrected chi connectivity index (χ2v) is 5.70. The van der Waals surface area contributed by atoms with E-state index in [2.05, 4.69) is 16.8 Å². The molecule has 1 atom stereocenters. The highest BCUT2D eigenvalue weighted by Crippen LogP contribution is 2.27. The maximum Gasteiger partial charge on any atom is 0.339 e. The number of rotatable bonds is 4. The number of pyridine rings is 1. The third-order valence-electron chi connectivity index (χ3n) is 4.20. The molecular formula is C16H24N2O2. The lowest BCUT2D eigenvalue weighted by Gasteiger charge is -2.24. The lowest BCUT2D eigenvalue weighted by atomic mass is 9.96. The van der Waals surface area contributed by atoms with Gasteiger partial charge in [-0.2, -0.15) is 0 Å². The van der Waals surface area contributed by atoms with Crippen molar-refractivity contribution in [3.05, 3.63) is 23.4 Å². The summed E-state index contributed by atoms with van der Waals surface area (Å²) >= 11 is 0. The van der Waals surface area contributed by atoms with Crippen molar-refractivity contribution in [1.82, 2.24) is 4.98 Å². The highest BCUT2D eigenvalue weighted by molar-refractivity contribution is 5.94. The minimum atomic E-state index is -0.875. The molecule has 2 rings (SSSR count). The van der Waals surface area contributed by atoms with Crippen molar-refractivity contribution >= 4 is 11.8 Å². The fraction of sp³-hybridized carbons (Fsp3) is 0.625. The van der Waals surface area contributed by atoms with Crippen molar-refractivity contribution < 1.29 is 9.90 Å². The standard InChI is InChI=1S/C16H24N2O2/c1-3-5-13-6-4-10-18(11-8-13)15-14(16(19)20)12(2)7-9-17-15/h7,9,13H,3-6,8,10-11H2,1-2H3,(H,19,20). The van der Waals surface area contributed by atoms with Gasteiger partial charge < -0.3 is 10.0 Å². The molecule has 0 aliphatic carbocycles. The summed E-state index contributed by atoms with van der Waals surface area (Å²) in [4.78, 5) is 18.0. The van der Waals surface area contributed by atoms with E-state index in [1.807, 2.05) is 6.92 Å². The van der Waals surface area contributed by atoms with Crippen molar-refractivity contribution in [2.75, 3.05) is 18.0 Å². The molecule has 0 saturated carbocycles. The Balaban J connectivity index is 2.20. The first-order valence-electron chi connectivity index (χ1n) is 7.57. The first-order chi connectivity index (χ1) is 9.63. The van der Waals surface area contributed by atoms with E-state index in [1.54, 1.807) is 12.3 Å². The molecule has 1 aromatic heterocycles. The number of hydrogen-bond acceptors (Lipinski definition) is 3. The first-order valence-corrected chi connectivity index (χ1v) is 7.57. The van der Waals surface area contributed by atoms with E-state index in [1.165, 1.54) is 19.3 Å². The van der Waals surface area contributed by atoms with Gasteiger partial charge >= 0.3 is 5.97 Å². The lowest BCUT2D eigenvalue weighted by molar-refractivity contribution is 0.0696. The summed E-state index contributed by atoms with van der Waals surface area (Å²) in [6.45, 7) is 5.90. The van der Waals surface area contributed by atoms with E-state index in [4.69, 9.17) is 0 Å². The predicted molar refractivity (Wildman–Crippen MR) is 80.4 cm³/mol. The molecule has 1 aromatic rings. The number of anilines is 1. The summed E-state index contributed by atoms with van der Waals surface area (Å²) in [5, 5.41) is 9.42. The van der Waals surface area contributed by atoms with Gasteiger partial charge in [-0.3, -0.25) is 0 Å². The Bertz CT molecular complexity index is 474. The Labute approximate surface area is 120 Å². The van der Waals surface area contributed by atoms with E-state index in [-0.39, 0.29) is 0 Å². The molecule has 0 aromatic carbocycles. The Morgan fingerprint density at radius 1 is 1.45 bits per heavy atom. The van der Waals surface area contributed by atoms with Gasteiger partial charge in [0.15, 0.2) is 0 Å². The molecular weight excluding hydrogens is 252 g/mol. The van der Waals surface area contributed by atoms with Crippen LogP contribution in [0.15, 0.2) is 12.3 Å². The Morgan fingerprint density at radius 2 is 2.25 bits per heavy atom. The largest absolute Gasteiger partial charge is 0.478 e. The minimum absolute atomic E-state index is 0.362. The molecule has 1 aliphatic rings. The highest BCUT2D eigenvalue weighted by atomic mass is 16.4. The van der Waals surface area contributed by atoms with E-state index >= 15 is 0 Å². The van der Waals surface area contributed by atoms with Gasteiger partial charge in [0.1, 0.15) is 11.4 Å². The van der Waals surface area contributed by atoms with Crippen LogP contribution in [0.5, 0.6) is 0 Å². The van der Waals surface area contributed by atoms with Crippen molar-refractivity contribution in [2.45, 2.75) is 46.0 Å².